The highest BCUT2D eigenvalue weighted by atomic mass is 19.4. The molecule has 9 nitrogen and oxygen atoms in total. The van der Waals surface area contributed by atoms with E-state index in [2.05, 4.69) is 48.2 Å². The quantitative estimate of drug-likeness (QED) is 0.289. The zero-order valence-corrected chi connectivity index (χ0v) is 23.6. The van der Waals surface area contributed by atoms with Crippen LogP contribution >= 0.6 is 0 Å². The lowest BCUT2D eigenvalue weighted by Crippen LogP contribution is -2.40. The number of benzene rings is 1. The van der Waals surface area contributed by atoms with Crippen molar-refractivity contribution in [3.63, 3.8) is 0 Å². The molecule has 1 aromatic carbocycles. The van der Waals surface area contributed by atoms with E-state index in [9.17, 15) is 18.0 Å². The Hall–Kier alpha value is -3.41. The van der Waals surface area contributed by atoms with Gasteiger partial charge in [-0.15, -0.1) is 0 Å². The van der Waals surface area contributed by atoms with Crippen LogP contribution in [0.1, 0.15) is 58.1 Å². The summed E-state index contributed by atoms with van der Waals surface area (Å²) in [6, 6.07) is 5.92. The summed E-state index contributed by atoms with van der Waals surface area (Å²) < 4.78 is 40.8. The van der Waals surface area contributed by atoms with Crippen LogP contribution in [0.25, 0.3) is 11.2 Å². The predicted octanol–water partition coefficient (Wildman–Crippen LogP) is 4.85. The molecular formula is C28H39F3N8O. The third-order valence-electron chi connectivity index (χ3n) is 7.15. The van der Waals surface area contributed by atoms with E-state index in [1.807, 2.05) is 9.47 Å². The van der Waals surface area contributed by atoms with Gasteiger partial charge >= 0.3 is 6.18 Å². The molecule has 4 rings (SSSR count). The van der Waals surface area contributed by atoms with Crippen molar-refractivity contribution < 1.29 is 18.0 Å². The number of anilines is 2. The first-order valence-electron chi connectivity index (χ1n) is 13.9. The number of hydrogen-bond donors (Lipinski definition) is 2. The van der Waals surface area contributed by atoms with Crippen molar-refractivity contribution in [1.29, 1.82) is 0 Å². The van der Waals surface area contributed by atoms with E-state index in [4.69, 9.17) is 9.97 Å². The fraction of sp³-hybridized carbons (Fsp3) is 0.571. The average Bonchev–Trinajstić information content (AvgIpc) is 3.49. The maximum absolute atomic E-state index is 13.0. The average molecular weight is 561 g/mol. The molecule has 0 spiro atoms. The molecule has 0 bridgehead atoms. The molecule has 3 aromatic rings. The third kappa shape index (κ3) is 7.41. The minimum absolute atomic E-state index is 0.202. The number of halogens is 3. The van der Waals surface area contributed by atoms with Gasteiger partial charge in [-0.25, -0.2) is 4.98 Å². The van der Waals surface area contributed by atoms with Crippen molar-refractivity contribution in [3.05, 3.63) is 41.7 Å². The molecule has 2 aromatic heterocycles. The van der Waals surface area contributed by atoms with Crippen LogP contribution in [0.15, 0.2) is 30.6 Å². The number of fused-ring (bicyclic) bond motifs is 1. The fourth-order valence-corrected chi connectivity index (χ4v) is 5.08. The molecule has 1 saturated heterocycles. The molecule has 0 radical (unpaired) electrons. The summed E-state index contributed by atoms with van der Waals surface area (Å²) in [5.74, 6) is 1.23. The van der Waals surface area contributed by atoms with E-state index < -0.39 is 11.7 Å². The zero-order valence-electron chi connectivity index (χ0n) is 23.6. The Morgan fingerprint density at radius 3 is 2.38 bits per heavy atom. The van der Waals surface area contributed by atoms with E-state index in [1.165, 1.54) is 12.1 Å². The highest BCUT2D eigenvalue weighted by Gasteiger charge is 2.30. The molecular weight excluding hydrogens is 521 g/mol. The Morgan fingerprint density at radius 2 is 1.75 bits per heavy atom. The number of nitrogens with one attached hydrogen (secondary N) is 2. The van der Waals surface area contributed by atoms with Gasteiger partial charge in [0.2, 0.25) is 11.9 Å². The van der Waals surface area contributed by atoms with Gasteiger partial charge in [0, 0.05) is 51.2 Å². The van der Waals surface area contributed by atoms with Crippen molar-refractivity contribution in [1.82, 2.24) is 29.3 Å². The third-order valence-corrected chi connectivity index (χ3v) is 7.15. The van der Waals surface area contributed by atoms with Gasteiger partial charge in [-0.1, -0.05) is 12.1 Å². The number of likely N-dealkylation sites (tertiary alicyclic amines) is 1. The second-order valence-electron chi connectivity index (χ2n) is 10.8. The normalized spacial score (nSPS) is 14.3. The summed E-state index contributed by atoms with van der Waals surface area (Å²) in [5, 5.41) is 6.70. The van der Waals surface area contributed by atoms with Gasteiger partial charge in [0.25, 0.3) is 0 Å². The van der Waals surface area contributed by atoms with Crippen molar-refractivity contribution in [2.24, 2.45) is 0 Å². The molecule has 1 aliphatic heterocycles. The molecule has 3 heterocycles. The van der Waals surface area contributed by atoms with Crippen LogP contribution in [0, 0.1) is 0 Å². The summed E-state index contributed by atoms with van der Waals surface area (Å²) in [6.07, 6.45) is -0.444. The lowest BCUT2D eigenvalue weighted by molar-refractivity contribution is -0.137. The van der Waals surface area contributed by atoms with Gasteiger partial charge < -0.3 is 20.1 Å². The number of aromatic nitrogens is 4. The molecule has 0 atom stereocenters. The number of nitrogens with zero attached hydrogens (tertiary/aromatic N) is 6. The van der Waals surface area contributed by atoms with Crippen LogP contribution in [0.4, 0.5) is 24.9 Å². The summed E-state index contributed by atoms with van der Waals surface area (Å²) >= 11 is 0. The van der Waals surface area contributed by atoms with Crippen LogP contribution in [-0.2, 0) is 17.5 Å². The van der Waals surface area contributed by atoms with Crippen LogP contribution < -0.4 is 10.6 Å². The number of carbonyl (C=O) groups excluding carboxylic acids is 1. The van der Waals surface area contributed by atoms with Crippen LogP contribution in [0.3, 0.4) is 0 Å². The number of carbonyl (C=O) groups is 1. The van der Waals surface area contributed by atoms with E-state index in [-0.39, 0.29) is 5.91 Å². The van der Waals surface area contributed by atoms with Crippen molar-refractivity contribution in [3.8, 4) is 0 Å². The molecule has 1 amide bonds. The van der Waals surface area contributed by atoms with Crippen molar-refractivity contribution in [2.75, 3.05) is 43.4 Å². The monoisotopic (exact) mass is 560 g/mol. The highest BCUT2D eigenvalue weighted by molar-refractivity contribution is 5.84. The molecule has 218 valence electrons. The SMILES string of the molecule is CC(C)N(CCNc1nc(NCCCN2CCCC2=O)nc2c1ncn2Cc1ccc(C(F)(F)F)cc1)C(C)C. The molecule has 12 heteroatoms. The molecule has 1 aliphatic rings. The Balaban J connectivity index is 1.52. The molecule has 0 unspecified atom stereocenters. The lowest BCUT2D eigenvalue weighted by Gasteiger charge is -2.30. The van der Waals surface area contributed by atoms with Gasteiger partial charge in [-0.2, -0.15) is 23.1 Å². The Labute approximate surface area is 233 Å². The zero-order chi connectivity index (χ0) is 28.9. The molecule has 1 fully saturated rings. The van der Waals surface area contributed by atoms with Gasteiger partial charge in [0.15, 0.2) is 17.0 Å². The number of rotatable bonds is 13. The maximum Gasteiger partial charge on any atom is 0.416 e. The first kappa shape index (κ1) is 29.6. The predicted molar refractivity (Wildman–Crippen MR) is 150 cm³/mol. The molecule has 0 saturated carbocycles. The molecule has 40 heavy (non-hydrogen) atoms. The van der Waals surface area contributed by atoms with E-state index >= 15 is 0 Å². The van der Waals surface area contributed by atoms with Crippen LogP contribution in [-0.4, -0.2) is 80.0 Å². The highest BCUT2D eigenvalue weighted by Crippen LogP contribution is 2.29. The number of hydrogen-bond acceptors (Lipinski definition) is 7. The summed E-state index contributed by atoms with van der Waals surface area (Å²) in [7, 11) is 0. The van der Waals surface area contributed by atoms with Crippen LogP contribution in [0.2, 0.25) is 0 Å². The van der Waals surface area contributed by atoms with E-state index in [1.54, 1.807) is 6.33 Å². The van der Waals surface area contributed by atoms with E-state index in [0.29, 0.717) is 73.2 Å². The van der Waals surface area contributed by atoms with Crippen molar-refractivity contribution in [2.45, 2.75) is 71.8 Å². The molecule has 2 N–H and O–H groups in total. The standard InChI is InChI=1S/C28H39F3N8O/c1-19(2)39(20(3)4)16-13-32-25-24-26(36-27(35-25)33-12-6-15-37-14-5-7-23(37)40)38(18-34-24)17-21-8-10-22(11-9-21)28(29,30)31/h8-11,18-20H,5-7,12-17H2,1-4H3,(H2,32,33,35,36). The second-order valence-corrected chi connectivity index (χ2v) is 10.8. The summed E-state index contributed by atoms with van der Waals surface area (Å²) in [4.78, 5) is 30.1. The fourth-order valence-electron chi connectivity index (χ4n) is 5.08. The Morgan fingerprint density at radius 1 is 1.02 bits per heavy atom. The smallest absolute Gasteiger partial charge is 0.367 e. The topological polar surface area (TPSA) is 91.2 Å². The summed E-state index contributed by atoms with van der Waals surface area (Å²) in [6.45, 7) is 12.6. The Bertz CT molecular complexity index is 1270. The minimum Gasteiger partial charge on any atom is -0.367 e. The van der Waals surface area contributed by atoms with Crippen molar-refractivity contribution >= 4 is 28.8 Å². The first-order valence-corrected chi connectivity index (χ1v) is 13.9. The maximum atomic E-state index is 13.0. The Kier molecular flexibility index (Phi) is 9.49. The number of imidazole rings is 1. The second kappa shape index (κ2) is 12.8. The van der Waals surface area contributed by atoms with Gasteiger partial charge in [0.05, 0.1) is 18.4 Å². The van der Waals surface area contributed by atoms with Gasteiger partial charge in [0.1, 0.15) is 0 Å². The largest absolute Gasteiger partial charge is 0.416 e. The number of amides is 1. The number of alkyl halides is 3. The van der Waals surface area contributed by atoms with Gasteiger partial charge in [-0.05, 0) is 58.2 Å². The van der Waals surface area contributed by atoms with Crippen LogP contribution in [0.5, 0.6) is 0 Å². The minimum atomic E-state index is -4.38. The van der Waals surface area contributed by atoms with E-state index in [0.717, 1.165) is 38.1 Å². The summed E-state index contributed by atoms with van der Waals surface area (Å²) in [5.41, 5.74) is 1.20. The molecule has 0 aliphatic carbocycles. The first-order chi connectivity index (χ1) is 19.0. The lowest BCUT2D eigenvalue weighted by atomic mass is 10.1. The van der Waals surface area contributed by atoms with Gasteiger partial charge in [-0.3, -0.25) is 9.69 Å².